The van der Waals surface area contributed by atoms with Gasteiger partial charge in [0.25, 0.3) is 0 Å². The maximum Gasteiger partial charge on any atom is 0.146 e. The number of ether oxygens (including phenoxy) is 1. The molecule has 0 radical (unpaired) electrons. The largest absolute Gasteiger partial charge is 0.484 e. The van der Waals surface area contributed by atoms with Gasteiger partial charge in [0.1, 0.15) is 18.2 Å². The van der Waals surface area contributed by atoms with Crippen molar-refractivity contribution in [1.29, 1.82) is 0 Å². The van der Waals surface area contributed by atoms with Crippen molar-refractivity contribution in [3.8, 4) is 5.75 Å². The molecule has 0 saturated carbocycles. The summed E-state index contributed by atoms with van der Waals surface area (Å²) in [6, 6.07) is 3.52. The van der Waals surface area contributed by atoms with Gasteiger partial charge in [0.05, 0.1) is 5.02 Å². The number of nitrogens with zero attached hydrogens (tertiary/aromatic N) is 2. The van der Waals surface area contributed by atoms with Gasteiger partial charge in [-0.25, -0.2) is 4.98 Å². The Kier molecular flexibility index (Phi) is 4.69. The van der Waals surface area contributed by atoms with Crippen LogP contribution in [-0.2, 0) is 20.2 Å². The monoisotopic (exact) mass is 299 g/mol. The third-order valence-corrected chi connectivity index (χ3v) is 3.22. The molecule has 0 aliphatic heterocycles. The molecule has 0 atom stereocenters. The lowest BCUT2D eigenvalue weighted by molar-refractivity contribution is 0.288. The van der Waals surface area contributed by atoms with Crippen LogP contribution in [0.15, 0.2) is 24.5 Å². The van der Waals surface area contributed by atoms with Gasteiger partial charge in [0, 0.05) is 36.6 Å². The number of nitrogens with one attached hydrogen (secondary N) is 1. The van der Waals surface area contributed by atoms with Crippen LogP contribution in [0.5, 0.6) is 5.75 Å². The molecule has 2 rings (SSSR count). The highest BCUT2D eigenvalue weighted by Crippen LogP contribution is 2.32. The third kappa shape index (κ3) is 3.41. The van der Waals surface area contributed by atoms with Gasteiger partial charge in [0.2, 0.25) is 0 Å². The van der Waals surface area contributed by atoms with Gasteiger partial charge in [-0.2, -0.15) is 0 Å². The second-order valence-corrected chi connectivity index (χ2v) is 4.99. The molecule has 4 nitrogen and oxygen atoms in total. The van der Waals surface area contributed by atoms with Crippen molar-refractivity contribution >= 4 is 23.2 Å². The summed E-state index contributed by atoms with van der Waals surface area (Å²) in [6.45, 7) is 0.998. The summed E-state index contributed by atoms with van der Waals surface area (Å²) < 4.78 is 7.69. The van der Waals surface area contributed by atoms with Crippen LogP contribution < -0.4 is 10.1 Å². The molecule has 0 unspecified atom stereocenters. The van der Waals surface area contributed by atoms with Crippen LogP contribution in [0.3, 0.4) is 0 Å². The van der Waals surface area contributed by atoms with Crippen LogP contribution in [-0.4, -0.2) is 16.6 Å². The molecule has 0 amide bonds. The zero-order valence-electron chi connectivity index (χ0n) is 10.8. The molecule has 0 aliphatic rings. The van der Waals surface area contributed by atoms with Crippen LogP contribution in [0, 0.1) is 0 Å². The lowest BCUT2D eigenvalue weighted by Crippen LogP contribution is -2.09. The molecule has 0 fully saturated rings. The SMILES string of the molecule is CNCc1cc(Cl)cc(Cl)c1OCc1nccn1C. The van der Waals surface area contributed by atoms with E-state index in [-0.39, 0.29) is 0 Å². The highest BCUT2D eigenvalue weighted by atomic mass is 35.5. The van der Waals surface area contributed by atoms with E-state index in [0.717, 1.165) is 11.4 Å². The van der Waals surface area contributed by atoms with E-state index in [4.69, 9.17) is 27.9 Å². The van der Waals surface area contributed by atoms with Crippen molar-refractivity contribution in [1.82, 2.24) is 14.9 Å². The number of benzene rings is 1. The van der Waals surface area contributed by atoms with Gasteiger partial charge in [-0.05, 0) is 19.2 Å². The maximum atomic E-state index is 6.19. The average Bonchev–Trinajstić information content (AvgIpc) is 2.74. The Labute approximate surface area is 122 Å². The van der Waals surface area contributed by atoms with E-state index in [2.05, 4.69) is 10.3 Å². The number of hydrogen-bond acceptors (Lipinski definition) is 3. The third-order valence-electron chi connectivity index (χ3n) is 2.72. The molecule has 0 spiro atoms. The zero-order chi connectivity index (χ0) is 13.8. The minimum Gasteiger partial charge on any atom is -0.484 e. The first-order valence-corrected chi connectivity index (χ1v) is 6.59. The molecular formula is C13H15Cl2N3O. The van der Waals surface area contributed by atoms with Crippen LogP contribution in [0.4, 0.5) is 0 Å². The highest BCUT2D eigenvalue weighted by Gasteiger charge is 2.11. The summed E-state index contributed by atoms with van der Waals surface area (Å²) in [5.41, 5.74) is 0.925. The van der Waals surface area contributed by atoms with Gasteiger partial charge >= 0.3 is 0 Å². The summed E-state index contributed by atoms with van der Waals surface area (Å²) in [4.78, 5) is 4.21. The van der Waals surface area contributed by atoms with E-state index in [1.807, 2.05) is 30.9 Å². The number of aryl methyl sites for hydroxylation is 1. The van der Waals surface area contributed by atoms with E-state index < -0.39 is 0 Å². The summed E-state index contributed by atoms with van der Waals surface area (Å²) >= 11 is 12.2. The number of halogens is 2. The smallest absolute Gasteiger partial charge is 0.146 e. The van der Waals surface area contributed by atoms with Crippen LogP contribution in [0.1, 0.15) is 11.4 Å². The van der Waals surface area contributed by atoms with E-state index in [1.165, 1.54) is 0 Å². The quantitative estimate of drug-likeness (QED) is 0.922. The first kappa shape index (κ1) is 14.2. The van der Waals surface area contributed by atoms with Crippen molar-refractivity contribution in [3.63, 3.8) is 0 Å². The molecule has 6 heteroatoms. The Morgan fingerprint density at radius 2 is 2.16 bits per heavy atom. The van der Waals surface area contributed by atoms with Gasteiger partial charge in [-0.1, -0.05) is 23.2 Å². The van der Waals surface area contributed by atoms with Crippen LogP contribution >= 0.6 is 23.2 Å². The number of imidazole rings is 1. The fourth-order valence-corrected chi connectivity index (χ4v) is 2.36. The van der Waals surface area contributed by atoms with Crippen molar-refractivity contribution < 1.29 is 4.74 Å². The Bertz CT molecular complexity index is 569. The molecule has 2 aromatic rings. The normalized spacial score (nSPS) is 10.7. The fourth-order valence-electron chi connectivity index (χ4n) is 1.77. The topological polar surface area (TPSA) is 39.1 Å². The molecule has 102 valence electrons. The lowest BCUT2D eigenvalue weighted by atomic mass is 10.2. The van der Waals surface area contributed by atoms with Gasteiger partial charge in [0.15, 0.2) is 0 Å². The van der Waals surface area contributed by atoms with Crippen LogP contribution in [0.25, 0.3) is 0 Å². The first-order valence-electron chi connectivity index (χ1n) is 5.83. The Morgan fingerprint density at radius 3 is 2.79 bits per heavy atom. The number of aromatic nitrogens is 2. The molecule has 1 N–H and O–H groups in total. The fraction of sp³-hybridized carbons (Fsp3) is 0.308. The van der Waals surface area contributed by atoms with Crippen LogP contribution in [0.2, 0.25) is 10.0 Å². The molecule has 0 saturated heterocycles. The minimum absolute atomic E-state index is 0.363. The van der Waals surface area contributed by atoms with Crippen molar-refractivity contribution in [2.24, 2.45) is 7.05 Å². The Hall–Kier alpha value is -1.23. The predicted molar refractivity (Wildman–Crippen MR) is 76.8 cm³/mol. The Morgan fingerprint density at radius 1 is 1.37 bits per heavy atom. The van der Waals surface area contributed by atoms with E-state index in [1.54, 1.807) is 12.3 Å². The second-order valence-electron chi connectivity index (χ2n) is 4.15. The number of rotatable bonds is 5. The van der Waals surface area contributed by atoms with E-state index in [0.29, 0.717) is 28.9 Å². The zero-order valence-corrected chi connectivity index (χ0v) is 12.3. The lowest BCUT2D eigenvalue weighted by Gasteiger charge is -2.13. The maximum absolute atomic E-state index is 6.19. The minimum atomic E-state index is 0.363. The van der Waals surface area contributed by atoms with E-state index in [9.17, 15) is 0 Å². The molecular weight excluding hydrogens is 285 g/mol. The number of hydrogen-bond donors (Lipinski definition) is 1. The van der Waals surface area contributed by atoms with Gasteiger partial charge < -0.3 is 14.6 Å². The van der Waals surface area contributed by atoms with Crippen molar-refractivity contribution in [2.45, 2.75) is 13.2 Å². The summed E-state index contributed by atoms with van der Waals surface area (Å²) in [6.07, 6.45) is 3.60. The Balaban J connectivity index is 2.21. The molecule has 1 heterocycles. The molecule has 0 bridgehead atoms. The summed E-state index contributed by atoms with van der Waals surface area (Å²) in [5, 5.41) is 4.17. The van der Waals surface area contributed by atoms with Gasteiger partial charge in [-0.3, -0.25) is 0 Å². The van der Waals surface area contributed by atoms with Crippen molar-refractivity contribution in [2.75, 3.05) is 7.05 Å². The second kappa shape index (κ2) is 6.28. The predicted octanol–water partition coefficient (Wildman–Crippen LogP) is 3.03. The molecule has 19 heavy (non-hydrogen) atoms. The summed E-state index contributed by atoms with van der Waals surface area (Å²) in [5.74, 6) is 1.48. The first-order chi connectivity index (χ1) is 9.11. The van der Waals surface area contributed by atoms with Crippen molar-refractivity contribution in [3.05, 3.63) is 46.0 Å². The molecule has 0 aliphatic carbocycles. The van der Waals surface area contributed by atoms with Gasteiger partial charge in [-0.15, -0.1) is 0 Å². The highest BCUT2D eigenvalue weighted by molar-refractivity contribution is 6.35. The average molecular weight is 300 g/mol. The summed E-state index contributed by atoms with van der Waals surface area (Å²) in [7, 11) is 3.78. The molecule has 1 aromatic heterocycles. The molecule has 1 aromatic carbocycles. The van der Waals surface area contributed by atoms with E-state index >= 15 is 0 Å². The standard InChI is InChI=1S/C13H15Cl2N3O/c1-16-7-9-5-10(14)6-11(15)13(9)19-8-12-17-3-4-18(12)2/h3-6,16H,7-8H2,1-2H3.